The predicted molar refractivity (Wildman–Crippen MR) is 90.6 cm³/mol. The number of ether oxygens (including phenoxy) is 1. The van der Waals surface area contributed by atoms with Gasteiger partial charge in [0.25, 0.3) is 5.69 Å². The summed E-state index contributed by atoms with van der Waals surface area (Å²) < 4.78 is 5.29. The zero-order valence-corrected chi connectivity index (χ0v) is 13.7. The molecule has 0 bridgehead atoms. The maximum Gasteiger partial charge on any atom is 0.269 e. The fourth-order valence-corrected chi connectivity index (χ4v) is 2.64. The molecule has 0 saturated carbocycles. The normalized spacial score (nSPS) is 12.2. The molecule has 2 aromatic rings. The molecule has 0 N–H and O–H groups in total. The number of nitro benzene ring substituents is 1. The highest BCUT2D eigenvalue weighted by Crippen LogP contribution is 2.26. The third kappa shape index (κ3) is 4.29. The van der Waals surface area contributed by atoms with Gasteiger partial charge in [-0.3, -0.25) is 15.0 Å². The SMILES string of the molecule is CCN(Cc1cccc([N+](=O)[O-])c1)C(C)c1cccc(OC)c1. The molecule has 23 heavy (non-hydrogen) atoms. The molecule has 0 heterocycles. The first-order valence-corrected chi connectivity index (χ1v) is 7.66. The van der Waals surface area contributed by atoms with E-state index >= 15 is 0 Å². The monoisotopic (exact) mass is 314 g/mol. The van der Waals surface area contributed by atoms with Gasteiger partial charge in [-0.25, -0.2) is 0 Å². The van der Waals surface area contributed by atoms with Crippen LogP contribution in [0.4, 0.5) is 5.69 Å². The molecule has 0 fully saturated rings. The van der Waals surface area contributed by atoms with Gasteiger partial charge < -0.3 is 4.74 Å². The van der Waals surface area contributed by atoms with Gasteiger partial charge in [0.05, 0.1) is 12.0 Å². The molecule has 0 aromatic heterocycles. The Morgan fingerprint density at radius 1 is 1.22 bits per heavy atom. The van der Waals surface area contributed by atoms with Crippen molar-refractivity contribution >= 4 is 5.69 Å². The molecule has 5 nitrogen and oxygen atoms in total. The number of nitrogens with zero attached hydrogens (tertiary/aromatic N) is 2. The van der Waals surface area contributed by atoms with E-state index in [2.05, 4.69) is 24.8 Å². The molecular formula is C18H22N2O3. The van der Waals surface area contributed by atoms with Crippen LogP contribution in [0.1, 0.15) is 31.0 Å². The van der Waals surface area contributed by atoms with E-state index in [1.165, 1.54) is 6.07 Å². The molecule has 1 unspecified atom stereocenters. The number of benzene rings is 2. The zero-order chi connectivity index (χ0) is 16.8. The summed E-state index contributed by atoms with van der Waals surface area (Å²) in [7, 11) is 1.66. The summed E-state index contributed by atoms with van der Waals surface area (Å²) in [6, 6.07) is 15.0. The molecule has 2 rings (SSSR count). The quantitative estimate of drug-likeness (QED) is 0.568. The van der Waals surface area contributed by atoms with E-state index in [4.69, 9.17) is 4.74 Å². The predicted octanol–water partition coefficient (Wildman–Crippen LogP) is 4.19. The lowest BCUT2D eigenvalue weighted by molar-refractivity contribution is -0.384. The molecule has 1 atom stereocenters. The van der Waals surface area contributed by atoms with Gasteiger partial charge in [-0.15, -0.1) is 0 Å². The van der Waals surface area contributed by atoms with Gasteiger partial charge in [-0.05, 0) is 36.7 Å². The highest BCUT2D eigenvalue weighted by atomic mass is 16.6. The second-order valence-electron chi connectivity index (χ2n) is 5.44. The molecule has 5 heteroatoms. The first-order valence-electron chi connectivity index (χ1n) is 7.66. The van der Waals surface area contributed by atoms with Crippen molar-refractivity contribution in [2.24, 2.45) is 0 Å². The number of methoxy groups -OCH3 is 1. The zero-order valence-electron chi connectivity index (χ0n) is 13.7. The minimum absolute atomic E-state index is 0.132. The Labute approximate surface area is 136 Å². The molecule has 0 amide bonds. The summed E-state index contributed by atoms with van der Waals surface area (Å²) in [6.07, 6.45) is 0. The third-order valence-electron chi connectivity index (χ3n) is 4.04. The van der Waals surface area contributed by atoms with E-state index in [0.717, 1.165) is 23.4 Å². The fraction of sp³-hybridized carbons (Fsp3) is 0.333. The molecule has 0 aliphatic heterocycles. The lowest BCUT2D eigenvalue weighted by Crippen LogP contribution is -2.26. The Hall–Kier alpha value is -2.40. The van der Waals surface area contributed by atoms with Crippen LogP contribution in [0.15, 0.2) is 48.5 Å². The number of non-ortho nitro benzene ring substituents is 1. The number of nitro groups is 1. The first kappa shape index (κ1) is 17.0. The van der Waals surface area contributed by atoms with Crippen molar-refractivity contribution < 1.29 is 9.66 Å². The van der Waals surface area contributed by atoms with Crippen LogP contribution in [0, 0.1) is 10.1 Å². The number of rotatable bonds is 7. The summed E-state index contributed by atoms with van der Waals surface area (Å²) >= 11 is 0. The summed E-state index contributed by atoms with van der Waals surface area (Å²) in [6.45, 7) is 5.74. The van der Waals surface area contributed by atoms with Crippen LogP contribution < -0.4 is 4.74 Å². The van der Waals surface area contributed by atoms with E-state index < -0.39 is 0 Å². The Bertz CT molecular complexity index is 673. The summed E-state index contributed by atoms with van der Waals surface area (Å²) in [5.74, 6) is 0.834. The van der Waals surface area contributed by atoms with E-state index in [1.54, 1.807) is 19.2 Å². The molecule has 0 aliphatic rings. The average molecular weight is 314 g/mol. The van der Waals surface area contributed by atoms with Crippen molar-refractivity contribution in [3.63, 3.8) is 0 Å². The molecule has 0 aliphatic carbocycles. The Balaban J connectivity index is 2.18. The van der Waals surface area contributed by atoms with Gasteiger partial charge in [0, 0.05) is 24.7 Å². The topological polar surface area (TPSA) is 55.6 Å². The number of hydrogen-bond acceptors (Lipinski definition) is 4. The van der Waals surface area contributed by atoms with Gasteiger partial charge in [0.1, 0.15) is 5.75 Å². The van der Waals surface area contributed by atoms with Crippen LogP contribution in [-0.4, -0.2) is 23.5 Å². The minimum atomic E-state index is -0.356. The van der Waals surface area contributed by atoms with Crippen molar-refractivity contribution in [1.82, 2.24) is 4.90 Å². The molecular weight excluding hydrogens is 292 g/mol. The van der Waals surface area contributed by atoms with Crippen molar-refractivity contribution in [2.75, 3.05) is 13.7 Å². The van der Waals surface area contributed by atoms with Crippen molar-refractivity contribution in [1.29, 1.82) is 0 Å². The Morgan fingerprint density at radius 3 is 2.61 bits per heavy atom. The van der Waals surface area contributed by atoms with Crippen LogP contribution in [0.2, 0.25) is 0 Å². The van der Waals surface area contributed by atoms with Crippen molar-refractivity contribution in [3.05, 3.63) is 69.8 Å². The second kappa shape index (κ2) is 7.74. The molecule has 0 radical (unpaired) electrons. The van der Waals surface area contributed by atoms with E-state index in [0.29, 0.717) is 6.54 Å². The van der Waals surface area contributed by atoms with Gasteiger partial charge in [-0.1, -0.05) is 31.2 Å². The van der Waals surface area contributed by atoms with Crippen molar-refractivity contribution in [2.45, 2.75) is 26.4 Å². The molecule has 122 valence electrons. The van der Waals surface area contributed by atoms with Gasteiger partial charge >= 0.3 is 0 Å². The lowest BCUT2D eigenvalue weighted by atomic mass is 10.1. The first-order chi connectivity index (χ1) is 11.0. The minimum Gasteiger partial charge on any atom is -0.497 e. The van der Waals surface area contributed by atoms with Crippen molar-refractivity contribution in [3.8, 4) is 5.75 Å². The highest BCUT2D eigenvalue weighted by molar-refractivity contribution is 5.34. The fourth-order valence-electron chi connectivity index (χ4n) is 2.64. The Morgan fingerprint density at radius 2 is 1.96 bits per heavy atom. The lowest BCUT2D eigenvalue weighted by Gasteiger charge is -2.28. The van der Waals surface area contributed by atoms with E-state index in [1.807, 2.05) is 24.3 Å². The van der Waals surface area contributed by atoms with Crippen LogP contribution in [0.5, 0.6) is 5.75 Å². The Kier molecular flexibility index (Phi) is 5.71. The molecule has 0 spiro atoms. The van der Waals surface area contributed by atoms with Crippen LogP contribution in [-0.2, 0) is 6.54 Å². The maximum absolute atomic E-state index is 10.9. The second-order valence-corrected chi connectivity index (χ2v) is 5.44. The van der Waals surface area contributed by atoms with Gasteiger partial charge in [-0.2, -0.15) is 0 Å². The summed E-state index contributed by atoms with van der Waals surface area (Å²) in [5.41, 5.74) is 2.24. The van der Waals surface area contributed by atoms with Crippen LogP contribution in [0.3, 0.4) is 0 Å². The maximum atomic E-state index is 10.9. The van der Waals surface area contributed by atoms with Gasteiger partial charge in [0.15, 0.2) is 0 Å². The van der Waals surface area contributed by atoms with Crippen LogP contribution >= 0.6 is 0 Å². The highest BCUT2D eigenvalue weighted by Gasteiger charge is 2.16. The van der Waals surface area contributed by atoms with E-state index in [9.17, 15) is 10.1 Å². The summed E-state index contributed by atoms with van der Waals surface area (Å²) in [4.78, 5) is 12.8. The third-order valence-corrected chi connectivity index (χ3v) is 4.04. The standard InChI is InChI=1S/C18H22N2O3/c1-4-19(13-15-7-5-9-17(11-15)20(21)22)14(2)16-8-6-10-18(12-16)23-3/h5-12,14H,4,13H2,1-3H3. The summed E-state index contributed by atoms with van der Waals surface area (Å²) in [5, 5.41) is 10.9. The van der Waals surface area contributed by atoms with Gasteiger partial charge in [0.2, 0.25) is 0 Å². The molecule has 2 aromatic carbocycles. The smallest absolute Gasteiger partial charge is 0.269 e. The average Bonchev–Trinajstić information content (AvgIpc) is 2.59. The largest absolute Gasteiger partial charge is 0.497 e. The molecule has 0 saturated heterocycles. The van der Waals surface area contributed by atoms with Crippen LogP contribution in [0.25, 0.3) is 0 Å². The van der Waals surface area contributed by atoms with E-state index in [-0.39, 0.29) is 16.7 Å². The number of hydrogen-bond donors (Lipinski definition) is 0.